The summed E-state index contributed by atoms with van der Waals surface area (Å²) in [4.78, 5) is 10.5. The fourth-order valence-corrected chi connectivity index (χ4v) is 2.73. The van der Waals surface area contributed by atoms with E-state index >= 15 is 0 Å². The highest BCUT2D eigenvalue weighted by molar-refractivity contribution is 9.10. The molecular formula is C10H11BrFNO3S. The van der Waals surface area contributed by atoms with Gasteiger partial charge in [0.1, 0.15) is 16.5 Å². The first kappa shape index (κ1) is 14.3. The van der Waals surface area contributed by atoms with Crippen LogP contribution in [-0.2, 0) is 14.8 Å². The lowest BCUT2D eigenvalue weighted by atomic mass is 10.3. The SMILES string of the molecule is CC(=O)C(C)NS(=O)(=O)c1ccc(Br)cc1F. The Hall–Kier alpha value is -0.790. The molecule has 0 heterocycles. The molecule has 0 aliphatic carbocycles. The molecule has 0 spiro atoms. The topological polar surface area (TPSA) is 63.2 Å². The number of hydrogen-bond acceptors (Lipinski definition) is 3. The van der Waals surface area contributed by atoms with E-state index in [4.69, 9.17) is 0 Å². The molecule has 0 aromatic heterocycles. The van der Waals surface area contributed by atoms with Crippen molar-refractivity contribution in [2.75, 3.05) is 0 Å². The van der Waals surface area contributed by atoms with Gasteiger partial charge in [0.2, 0.25) is 10.0 Å². The zero-order valence-electron chi connectivity index (χ0n) is 9.20. The third kappa shape index (κ3) is 3.58. The van der Waals surface area contributed by atoms with E-state index < -0.39 is 26.8 Å². The number of sulfonamides is 1. The van der Waals surface area contributed by atoms with Gasteiger partial charge in [-0.05, 0) is 32.0 Å². The fourth-order valence-electron chi connectivity index (χ4n) is 1.07. The number of ketones is 1. The molecule has 0 saturated carbocycles. The lowest BCUT2D eigenvalue weighted by Gasteiger charge is -2.11. The summed E-state index contributed by atoms with van der Waals surface area (Å²) in [6.07, 6.45) is 0. The van der Waals surface area contributed by atoms with Crippen LogP contribution in [0.5, 0.6) is 0 Å². The molecule has 1 atom stereocenters. The molecule has 17 heavy (non-hydrogen) atoms. The highest BCUT2D eigenvalue weighted by Crippen LogP contribution is 2.19. The highest BCUT2D eigenvalue weighted by Gasteiger charge is 2.22. The molecule has 94 valence electrons. The Bertz CT molecular complexity index is 544. The van der Waals surface area contributed by atoms with E-state index in [1.807, 2.05) is 0 Å². The number of nitrogens with one attached hydrogen (secondary N) is 1. The molecule has 0 aliphatic rings. The van der Waals surface area contributed by atoms with Gasteiger partial charge in [0, 0.05) is 4.47 Å². The average Bonchev–Trinajstić information content (AvgIpc) is 2.15. The van der Waals surface area contributed by atoms with Crippen LogP contribution < -0.4 is 4.72 Å². The predicted octanol–water partition coefficient (Wildman–Crippen LogP) is 1.84. The Kier molecular flexibility index (Phi) is 4.40. The Balaban J connectivity index is 3.10. The molecule has 1 aromatic rings. The number of Topliss-reactive ketones (excluding diaryl/α,β-unsaturated/α-hetero) is 1. The summed E-state index contributed by atoms with van der Waals surface area (Å²) >= 11 is 3.03. The number of benzene rings is 1. The third-order valence-corrected chi connectivity index (χ3v) is 4.19. The zero-order valence-corrected chi connectivity index (χ0v) is 11.6. The van der Waals surface area contributed by atoms with Crippen molar-refractivity contribution in [3.8, 4) is 0 Å². The van der Waals surface area contributed by atoms with Crippen molar-refractivity contribution in [1.29, 1.82) is 0 Å². The normalized spacial score (nSPS) is 13.4. The second-order valence-electron chi connectivity index (χ2n) is 3.53. The van der Waals surface area contributed by atoms with Crippen LogP contribution in [0.3, 0.4) is 0 Å². The van der Waals surface area contributed by atoms with E-state index in [1.165, 1.54) is 19.9 Å². The van der Waals surface area contributed by atoms with Crippen molar-refractivity contribution in [1.82, 2.24) is 4.72 Å². The summed E-state index contributed by atoms with van der Waals surface area (Å²) in [5.41, 5.74) is 0. The second-order valence-corrected chi connectivity index (χ2v) is 6.13. The molecule has 0 saturated heterocycles. The minimum Gasteiger partial charge on any atom is -0.298 e. The van der Waals surface area contributed by atoms with Crippen LogP contribution in [0.15, 0.2) is 27.6 Å². The summed E-state index contributed by atoms with van der Waals surface area (Å²) in [6, 6.07) is 2.71. The molecule has 1 rings (SSSR count). The van der Waals surface area contributed by atoms with Crippen molar-refractivity contribution in [2.45, 2.75) is 24.8 Å². The third-order valence-electron chi connectivity index (χ3n) is 2.13. The van der Waals surface area contributed by atoms with Crippen LogP contribution in [0.2, 0.25) is 0 Å². The Morgan fingerprint density at radius 1 is 1.47 bits per heavy atom. The molecule has 4 nitrogen and oxygen atoms in total. The largest absolute Gasteiger partial charge is 0.298 e. The first-order valence-corrected chi connectivity index (χ1v) is 6.99. The van der Waals surface area contributed by atoms with Gasteiger partial charge in [0.05, 0.1) is 6.04 Å². The van der Waals surface area contributed by atoms with E-state index in [2.05, 4.69) is 20.7 Å². The quantitative estimate of drug-likeness (QED) is 0.919. The van der Waals surface area contributed by atoms with Crippen molar-refractivity contribution < 1.29 is 17.6 Å². The number of rotatable bonds is 4. The number of halogens is 2. The molecule has 1 unspecified atom stereocenters. The second kappa shape index (κ2) is 5.24. The lowest BCUT2D eigenvalue weighted by molar-refractivity contribution is -0.118. The smallest absolute Gasteiger partial charge is 0.244 e. The van der Waals surface area contributed by atoms with E-state index in [1.54, 1.807) is 0 Å². The van der Waals surface area contributed by atoms with E-state index in [0.29, 0.717) is 4.47 Å². The minimum absolute atomic E-state index is 0.342. The van der Waals surface area contributed by atoms with Crippen molar-refractivity contribution in [3.05, 3.63) is 28.5 Å². The van der Waals surface area contributed by atoms with Gasteiger partial charge >= 0.3 is 0 Å². The summed E-state index contributed by atoms with van der Waals surface area (Å²) in [5.74, 6) is -1.21. The van der Waals surface area contributed by atoms with E-state index in [0.717, 1.165) is 12.1 Å². The predicted molar refractivity (Wildman–Crippen MR) is 64.6 cm³/mol. The summed E-state index contributed by atoms with van der Waals surface area (Å²) in [5, 5.41) is 0. The number of hydrogen-bond donors (Lipinski definition) is 1. The van der Waals surface area contributed by atoms with Crippen molar-refractivity contribution >= 4 is 31.7 Å². The molecule has 0 fully saturated rings. The maximum Gasteiger partial charge on any atom is 0.244 e. The molecule has 0 amide bonds. The molecule has 0 radical (unpaired) electrons. The van der Waals surface area contributed by atoms with Gasteiger partial charge in [-0.25, -0.2) is 17.5 Å². The first-order valence-electron chi connectivity index (χ1n) is 4.72. The molecule has 7 heteroatoms. The van der Waals surface area contributed by atoms with E-state index in [9.17, 15) is 17.6 Å². The van der Waals surface area contributed by atoms with Crippen LogP contribution in [0.25, 0.3) is 0 Å². The Morgan fingerprint density at radius 2 is 2.06 bits per heavy atom. The fraction of sp³-hybridized carbons (Fsp3) is 0.300. The van der Waals surface area contributed by atoms with Gasteiger partial charge in [-0.15, -0.1) is 0 Å². The van der Waals surface area contributed by atoms with Gasteiger partial charge in [-0.3, -0.25) is 4.79 Å². The summed E-state index contributed by atoms with van der Waals surface area (Å²) in [7, 11) is -4.02. The van der Waals surface area contributed by atoms with Crippen LogP contribution >= 0.6 is 15.9 Å². The standard InChI is InChI=1S/C10H11BrFNO3S/c1-6(7(2)14)13-17(15,16)10-4-3-8(11)5-9(10)12/h3-6,13H,1-2H3. The summed E-state index contributed by atoms with van der Waals surface area (Å²) < 4.78 is 39.5. The molecule has 0 bridgehead atoms. The Labute approximate surface area is 107 Å². The van der Waals surface area contributed by atoms with Crippen LogP contribution in [0, 0.1) is 5.82 Å². The maximum absolute atomic E-state index is 13.5. The van der Waals surface area contributed by atoms with Crippen LogP contribution in [0.4, 0.5) is 4.39 Å². The van der Waals surface area contributed by atoms with Gasteiger partial charge in [-0.1, -0.05) is 15.9 Å². The number of carbonyl (C=O) groups is 1. The lowest BCUT2D eigenvalue weighted by Crippen LogP contribution is -2.37. The highest BCUT2D eigenvalue weighted by atomic mass is 79.9. The van der Waals surface area contributed by atoms with Crippen LogP contribution in [0.1, 0.15) is 13.8 Å². The van der Waals surface area contributed by atoms with Gasteiger partial charge < -0.3 is 0 Å². The molecule has 1 aromatic carbocycles. The van der Waals surface area contributed by atoms with Gasteiger partial charge in [-0.2, -0.15) is 0 Å². The monoisotopic (exact) mass is 323 g/mol. The minimum atomic E-state index is -4.02. The number of carbonyl (C=O) groups excluding carboxylic acids is 1. The first-order chi connectivity index (χ1) is 7.74. The average molecular weight is 324 g/mol. The Morgan fingerprint density at radius 3 is 2.53 bits per heavy atom. The zero-order chi connectivity index (χ0) is 13.2. The summed E-state index contributed by atoms with van der Waals surface area (Å²) in [6.45, 7) is 2.65. The van der Waals surface area contributed by atoms with Crippen molar-refractivity contribution in [2.24, 2.45) is 0 Å². The van der Waals surface area contributed by atoms with Crippen LogP contribution in [-0.4, -0.2) is 20.2 Å². The maximum atomic E-state index is 13.5. The van der Waals surface area contributed by atoms with Gasteiger partial charge in [0.15, 0.2) is 0 Å². The van der Waals surface area contributed by atoms with E-state index in [-0.39, 0.29) is 5.78 Å². The van der Waals surface area contributed by atoms with Gasteiger partial charge in [0.25, 0.3) is 0 Å². The molecular weight excluding hydrogens is 313 g/mol. The molecule has 0 aliphatic heterocycles. The van der Waals surface area contributed by atoms with Crippen molar-refractivity contribution in [3.63, 3.8) is 0 Å². The molecule has 1 N–H and O–H groups in total.